The summed E-state index contributed by atoms with van der Waals surface area (Å²) in [7, 11) is 1.63. The van der Waals surface area contributed by atoms with Crippen molar-refractivity contribution in [2.45, 2.75) is 58.2 Å². The van der Waals surface area contributed by atoms with E-state index in [4.69, 9.17) is 4.74 Å². The SMILES string of the molecule is CCn1c(=O)[nH]c2nc(NC3CCCCC3)n(Cc3ccc(OC)cc3)c2c1=O. The highest BCUT2D eigenvalue weighted by molar-refractivity contribution is 5.73. The quantitative estimate of drug-likeness (QED) is 0.667. The first-order valence-corrected chi connectivity index (χ1v) is 10.2. The van der Waals surface area contributed by atoms with E-state index in [0.29, 0.717) is 36.2 Å². The lowest BCUT2D eigenvalue weighted by atomic mass is 9.96. The number of benzene rings is 1. The van der Waals surface area contributed by atoms with Crippen molar-refractivity contribution in [2.75, 3.05) is 12.4 Å². The molecule has 0 radical (unpaired) electrons. The summed E-state index contributed by atoms with van der Waals surface area (Å²) in [5.41, 5.74) is 1.02. The van der Waals surface area contributed by atoms with Crippen molar-refractivity contribution in [1.82, 2.24) is 19.1 Å². The number of anilines is 1. The van der Waals surface area contributed by atoms with Crippen LogP contribution in [0.2, 0.25) is 0 Å². The summed E-state index contributed by atoms with van der Waals surface area (Å²) in [4.78, 5) is 32.6. The number of rotatable bonds is 6. The fourth-order valence-electron chi connectivity index (χ4n) is 4.04. The predicted molar refractivity (Wildman–Crippen MR) is 113 cm³/mol. The van der Waals surface area contributed by atoms with Crippen LogP contribution in [-0.4, -0.2) is 32.3 Å². The maximum atomic E-state index is 13.0. The molecular formula is C21H27N5O3. The Morgan fingerprint density at radius 1 is 1.14 bits per heavy atom. The fraction of sp³-hybridized carbons (Fsp3) is 0.476. The molecule has 0 unspecified atom stereocenters. The Morgan fingerprint density at radius 2 is 1.86 bits per heavy atom. The van der Waals surface area contributed by atoms with Gasteiger partial charge in [0.2, 0.25) is 5.95 Å². The van der Waals surface area contributed by atoms with Crippen LogP contribution in [0.15, 0.2) is 33.9 Å². The van der Waals surface area contributed by atoms with Gasteiger partial charge in [-0.2, -0.15) is 4.98 Å². The zero-order valence-electron chi connectivity index (χ0n) is 16.9. The molecule has 3 aromatic rings. The minimum Gasteiger partial charge on any atom is -0.497 e. The Balaban J connectivity index is 1.81. The molecule has 0 atom stereocenters. The molecule has 0 aliphatic heterocycles. The molecule has 2 aromatic heterocycles. The topological polar surface area (TPSA) is 93.9 Å². The molecule has 2 heterocycles. The Bertz CT molecular complexity index is 1100. The third kappa shape index (κ3) is 3.79. The number of methoxy groups -OCH3 is 1. The molecule has 29 heavy (non-hydrogen) atoms. The van der Waals surface area contributed by atoms with Gasteiger partial charge in [0.1, 0.15) is 5.75 Å². The van der Waals surface area contributed by atoms with E-state index < -0.39 is 5.69 Å². The first kappa shape index (κ1) is 19.3. The normalized spacial score (nSPS) is 15.0. The summed E-state index contributed by atoms with van der Waals surface area (Å²) in [5, 5.41) is 3.52. The minimum atomic E-state index is -0.427. The zero-order chi connectivity index (χ0) is 20.4. The largest absolute Gasteiger partial charge is 0.497 e. The molecule has 154 valence electrons. The molecule has 0 bridgehead atoms. The average molecular weight is 397 g/mol. The number of hydrogen-bond donors (Lipinski definition) is 2. The second-order valence-corrected chi connectivity index (χ2v) is 7.53. The first-order valence-electron chi connectivity index (χ1n) is 10.2. The molecule has 0 amide bonds. The number of nitrogens with one attached hydrogen (secondary N) is 2. The van der Waals surface area contributed by atoms with E-state index in [1.807, 2.05) is 28.8 Å². The predicted octanol–water partition coefficient (Wildman–Crippen LogP) is 2.71. The van der Waals surface area contributed by atoms with Gasteiger partial charge in [0.05, 0.1) is 13.7 Å². The number of H-pyrrole nitrogens is 1. The van der Waals surface area contributed by atoms with Gasteiger partial charge in [-0.25, -0.2) is 4.79 Å². The van der Waals surface area contributed by atoms with E-state index in [1.54, 1.807) is 14.0 Å². The molecule has 1 aliphatic carbocycles. The lowest BCUT2D eigenvalue weighted by molar-refractivity contribution is 0.414. The fourth-order valence-corrected chi connectivity index (χ4v) is 4.04. The standard InChI is InChI=1S/C21H27N5O3/c1-3-25-19(27)17-18(24-21(25)28)23-20(22-15-7-5-4-6-8-15)26(17)13-14-9-11-16(29-2)12-10-14/h9-12,15H,3-8,13H2,1-2H3,(H,22,23)(H,24,28). The van der Waals surface area contributed by atoms with Crippen LogP contribution in [0.5, 0.6) is 5.75 Å². The van der Waals surface area contributed by atoms with Crippen LogP contribution in [0, 0.1) is 0 Å². The van der Waals surface area contributed by atoms with Crippen molar-refractivity contribution >= 4 is 17.1 Å². The van der Waals surface area contributed by atoms with E-state index in [9.17, 15) is 9.59 Å². The number of imidazole rings is 1. The Morgan fingerprint density at radius 3 is 2.52 bits per heavy atom. The van der Waals surface area contributed by atoms with Crippen molar-refractivity contribution in [3.8, 4) is 5.75 Å². The van der Waals surface area contributed by atoms with Crippen molar-refractivity contribution in [2.24, 2.45) is 0 Å². The Hall–Kier alpha value is -3.03. The van der Waals surface area contributed by atoms with Crippen LogP contribution in [0.3, 0.4) is 0 Å². The van der Waals surface area contributed by atoms with Crippen LogP contribution < -0.4 is 21.3 Å². The van der Waals surface area contributed by atoms with E-state index in [2.05, 4.69) is 15.3 Å². The summed E-state index contributed by atoms with van der Waals surface area (Å²) in [6.45, 7) is 2.57. The molecular weight excluding hydrogens is 370 g/mol. The van der Waals surface area contributed by atoms with E-state index in [1.165, 1.54) is 23.8 Å². The Labute approximate surface area is 168 Å². The van der Waals surface area contributed by atoms with Crippen LogP contribution in [-0.2, 0) is 13.1 Å². The van der Waals surface area contributed by atoms with Crippen LogP contribution in [0.25, 0.3) is 11.2 Å². The van der Waals surface area contributed by atoms with Crippen molar-refractivity contribution in [1.29, 1.82) is 0 Å². The summed E-state index contributed by atoms with van der Waals surface area (Å²) in [6.07, 6.45) is 5.81. The number of fused-ring (bicyclic) bond motifs is 1. The van der Waals surface area contributed by atoms with Crippen LogP contribution in [0.4, 0.5) is 5.95 Å². The second kappa shape index (κ2) is 8.14. The highest BCUT2D eigenvalue weighted by Crippen LogP contribution is 2.24. The minimum absolute atomic E-state index is 0.309. The molecule has 8 nitrogen and oxygen atoms in total. The van der Waals surface area contributed by atoms with Gasteiger partial charge in [0.25, 0.3) is 5.56 Å². The number of aromatic nitrogens is 4. The highest BCUT2D eigenvalue weighted by Gasteiger charge is 2.21. The molecule has 2 N–H and O–H groups in total. The summed E-state index contributed by atoms with van der Waals surface area (Å²) >= 11 is 0. The molecule has 8 heteroatoms. The van der Waals surface area contributed by atoms with Crippen molar-refractivity contribution in [3.63, 3.8) is 0 Å². The van der Waals surface area contributed by atoms with Crippen molar-refractivity contribution in [3.05, 3.63) is 50.7 Å². The molecule has 1 aromatic carbocycles. The van der Waals surface area contributed by atoms with Gasteiger partial charge in [-0.3, -0.25) is 18.9 Å². The molecule has 0 spiro atoms. The van der Waals surface area contributed by atoms with Gasteiger partial charge in [-0.15, -0.1) is 0 Å². The molecule has 0 saturated heterocycles. The summed E-state index contributed by atoms with van der Waals surface area (Å²) in [5.74, 6) is 1.41. The Kier molecular flexibility index (Phi) is 5.42. The van der Waals surface area contributed by atoms with Gasteiger partial charge in [0.15, 0.2) is 11.2 Å². The zero-order valence-corrected chi connectivity index (χ0v) is 16.9. The van der Waals surface area contributed by atoms with Crippen LogP contribution in [0.1, 0.15) is 44.6 Å². The molecule has 1 fully saturated rings. The first-order chi connectivity index (χ1) is 14.1. The lowest BCUT2D eigenvalue weighted by Crippen LogP contribution is -2.35. The number of hydrogen-bond acceptors (Lipinski definition) is 5. The maximum absolute atomic E-state index is 13.0. The molecule has 1 aliphatic rings. The number of ether oxygens (including phenoxy) is 1. The lowest BCUT2D eigenvalue weighted by Gasteiger charge is -2.23. The van der Waals surface area contributed by atoms with Gasteiger partial charge < -0.3 is 10.1 Å². The second-order valence-electron chi connectivity index (χ2n) is 7.53. The van der Waals surface area contributed by atoms with Gasteiger partial charge in [-0.05, 0) is 37.5 Å². The molecule has 1 saturated carbocycles. The highest BCUT2D eigenvalue weighted by atomic mass is 16.5. The molecule has 4 rings (SSSR count). The van der Waals surface area contributed by atoms with Gasteiger partial charge >= 0.3 is 5.69 Å². The number of aromatic amines is 1. The summed E-state index contributed by atoms with van der Waals surface area (Å²) < 4.78 is 8.33. The summed E-state index contributed by atoms with van der Waals surface area (Å²) in [6, 6.07) is 8.07. The number of nitrogens with zero attached hydrogens (tertiary/aromatic N) is 3. The van der Waals surface area contributed by atoms with Gasteiger partial charge in [-0.1, -0.05) is 31.4 Å². The van der Waals surface area contributed by atoms with E-state index in [-0.39, 0.29) is 5.56 Å². The maximum Gasteiger partial charge on any atom is 0.330 e. The monoisotopic (exact) mass is 397 g/mol. The third-order valence-electron chi connectivity index (χ3n) is 5.64. The third-order valence-corrected chi connectivity index (χ3v) is 5.64. The van der Waals surface area contributed by atoms with Crippen LogP contribution >= 0.6 is 0 Å². The van der Waals surface area contributed by atoms with Gasteiger partial charge in [0, 0.05) is 12.6 Å². The average Bonchev–Trinajstić information content (AvgIpc) is 3.06. The van der Waals surface area contributed by atoms with E-state index in [0.717, 1.165) is 24.2 Å². The smallest absolute Gasteiger partial charge is 0.330 e. The van der Waals surface area contributed by atoms with E-state index >= 15 is 0 Å². The van der Waals surface area contributed by atoms with Crippen molar-refractivity contribution < 1.29 is 4.74 Å².